The number of benzene rings is 2. The molecule has 0 spiro atoms. The van der Waals surface area contributed by atoms with Gasteiger partial charge in [-0.3, -0.25) is 15.0 Å². The average molecular weight is 494 g/mol. The van der Waals surface area contributed by atoms with E-state index in [4.69, 9.17) is 8.83 Å². The number of oxazole rings is 1. The van der Waals surface area contributed by atoms with E-state index < -0.39 is 27.7 Å². The molecule has 0 aliphatic carbocycles. The number of nitrogens with one attached hydrogen (secondary N) is 2. The Morgan fingerprint density at radius 3 is 2.57 bits per heavy atom. The van der Waals surface area contributed by atoms with Gasteiger partial charge >= 0.3 is 6.01 Å². The van der Waals surface area contributed by atoms with Crippen molar-refractivity contribution >= 4 is 39.6 Å². The van der Waals surface area contributed by atoms with Crippen LogP contribution in [0.3, 0.4) is 0 Å². The monoisotopic (exact) mass is 494 g/mol. The van der Waals surface area contributed by atoms with Gasteiger partial charge in [-0.1, -0.05) is 6.07 Å². The van der Waals surface area contributed by atoms with Crippen LogP contribution < -0.4 is 15.2 Å². The molecule has 10 nitrogen and oxygen atoms in total. The molecule has 35 heavy (non-hydrogen) atoms. The van der Waals surface area contributed by atoms with Crippen LogP contribution in [0.15, 0.2) is 92.4 Å². The largest absolute Gasteiger partial charge is 0.457 e. The lowest BCUT2D eigenvalue weighted by Crippen LogP contribution is -2.35. The number of hydrogen-bond acceptors (Lipinski definition) is 7. The highest BCUT2D eigenvalue weighted by atomic mass is 32.2. The van der Waals surface area contributed by atoms with Gasteiger partial charge in [0.15, 0.2) is 0 Å². The number of carbonyl (C=O) groups is 2. The Hall–Kier alpha value is -4.71. The van der Waals surface area contributed by atoms with E-state index in [2.05, 4.69) is 15.1 Å². The molecule has 0 saturated carbocycles. The first-order chi connectivity index (χ1) is 16.8. The van der Waals surface area contributed by atoms with Gasteiger partial charge in [0.2, 0.25) is 0 Å². The molecule has 5 rings (SSSR count). The van der Waals surface area contributed by atoms with Gasteiger partial charge in [0.1, 0.15) is 29.2 Å². The number of halogens is 1. The van der Waals surface area contributed by atoms with Crippen LogP contribution in [0.1, 0.15) is 5.76 Å². The first-order valence-corrected chi connectivity index (χ1v) is 11.5. The van der Waals surface area contributed by atoms with Crippen molar-refractivity contribution in [2.45, 2.75) is 4.90 Å². The van der Waals surface area contributed by atoms with E-state index in [1.807, 2.05) is 0 Å². The molecule has 0 radical (unpaired) electrons. The molecule has 2 aromatic carbocycles. The van der Waals surface area contributed by atoms with Crippen LogP contribution in [0, 0.1) is 5.82 Å². The summed E-state index contributed by atoms with van der Waals surface area (Å²) in [5, 5.41) is 0.951. The molecular formula is C23H15FN4O6S. The molecule has 4 aromatic rings. The normalized spacial score (nSPS) is 15.0. The summed E-state index contributed by atoms with van der Waals surface area (Å²) < 4.78 is 51.2. The van der Waals surface area contributed by atoms with Gasteiger partial charge in [0.25, 0.3) is 21.8 Å². The van der Waals surface area contributed by atoms with Crippen molar-refractivity contribution in [2.75, 3.05) is 9.73 Å². The smallest absolute Gasteiger partial charge is 0.308 e. The highest BCUT2D eigenvalue weighted by Crippen LogP contribution is 2.27. The lowest BCUT2D eigenvalue weighted by molar-refractivity contribution is -0.117. The molecular weight excluding hydrogens is 479 g/mol. The Morgan fingerprint density at radius 2 is 1.86 bits per heavy atom. The lowest BCUT2D eigenvalue weighted by Gasteiger charge is -2.14. The van der Waals surface area contributed by atoms with Crippen LogP contribution in [0.25, 0.3) is 17.4 Å². The maximum absolute atomic E-state index is 13.5. The van der Waals surface area contributed by atoms with Crippen molar-refractivity contribution in [3.05, 3.63) is 90.3 Å². The van der Waals surface area contributed by atoms with E-state index in [0.29, 0.717) is 11.3 Å². The number of anilines is 2. The maximum atomic E-state index is 13.5. The molecule has 3 heterocycles. The Bertz CT molecular complexity index is 1560. The van der Waals surface area contributed by atoms with Gasteiger partial charge in [-0.2, -0.15) is 0 Å². The second kappa shape index (κ2) is 8.57. The molecule has 1 fully saturated rings. The molecule has 2 amide bonds. The van der Waals surface area contributed by atoms with Crippen molar-refractivity contribution in [1.82, 2.24) is 10.4 Å². The molecule has 12 heteroatoms. The number of nitrogens with zero attached hydrogens (tertiary/aromatic N) is 2. The van der Waals surface area contributed by atoms with Crippen LogP contribution >= 0.6 is 0 Å². The van der Waals surface area contributed by atoms with Gasteiger partial charge in [-0.25, -0.2) is 27.5 Å². The highest BCUT2D eigenvalue weighted by Gasteiger charge is 2.35. The Labute approximate surface area is 197 Å². The number of hydrogen-bond donors (Lipinski definition) is 2. The molecule has 0 atom stereocenters. The van der Waals surface area contributed by atoms with E-state index >= 15 is 0 Å². The van der Waals surface area contributed by atoms with Crippen LogP contribution in [0.4, 0.5) is 16.1 Å². The van der Waals surface area contributed by atoms with Gasteiger partial charge in [0, 0.05) is 5.56 Å². The Morgan fingerprint density at radius 1 is 1.06 bits per heavy atom. The predicted octanol–water partition coefficient (Wildman–Crippen LogP) is 3.34. The predicted molar refractivity (Wildman–Crippen MR) is 121 cm³/mol. The average Bonchev–Trinajstić information content (AvgIpc) is 3.57. The molecule has 2 N–H and O–H groups in total. The van der Waals surface area contributed by atoms with Crippen molar-refractivity contribution in [1.29, 1.82) is 0 Å². The van der Waals surface area contributed by atoms with Crippen molar-refractivity contribution in [2.24, 2.45) is 0 Å². The van der Waals surface area contributed by atoms with Gasteiger partial charge in [-0.15, -0.1) is 0 Å². The number of rotatable bonds is 6. The third kappa shape index (κ3) is 4.42. The summed E-state index contributed by atoms with van der Waals surface area (Å²) in [6.45, 7) is 0. The third-order valence-corrected chi connectivity index (χ3v) is 6.31. The summed E-state index contributed by atoms with van der Waals surface area (Å²) in [7, 11) is -3.89. The molecule has 176 valence electrons. The molecule has 1 aliphatic rings. The van der Waals surface area contributed by atoms with E-state index in [-0.39, 0.29) is 27.9 Å². The zero-order valence-corrected chi connectivity index (χ0v) is 18.5. The molecule has 2 aromatic heterocycles. The number of amides is 2. The van der Waals surface area contributed by atoms with E-state index in [0.717, 1.165) is 11.1 Å². The minimum atomic E-state index is -3.89. The SMILES string of the molecule is O=C1NN(c2cccc(F)c2)C(=O)C1=Cc1ccc(-c2ccc(S(=O)(=O)Nc3ncco3)cc2)o1. The number of aromatic nitrogens is 1. The molecule has 0 bridgehead atoms. The second-order valence-corrected chi connectivity index (χ2v) is 8.97. The fourth-order valence-electron chi connectivity index (χ4n) is 3.33. The van der Waals surface area contributed by atoms with Crippen LogP contribution in [-0.4, -0.2) is 25.2 Å². The summed E-state index contributed by atoms with van der Waals surface area (Å²) in [4.78, 5) is 28.7. The summed E-state index contributed by atoms with van der Waals surface area (Å²) in [5.74, 6) is -1.27. The first kappa shape index (κ1) is 22.1. The van der Waals surface area contributed by atoms with Crippen LogP contribution in [0.2, 0.25) is 0 Å². The summed E-state index contributed by atoms with van der Waals surface area (Å²) in [5.41, 5.74) is 2.94. The highest BCUT2D eigenvalue weighted by molar-refractivity contribution is 7.92. The fraction of sp³-hybridized carbons (Fsp3) is 0. The number of furan rings is 1. The molecule has 1 aliphatic heterocycles. The second-order valence-electron chi connectivity index (χ2n) is 7.29. The van der Waals surface area contributed by atoms with Gasteiger partial charge < -0.3 is 8.83 Å². The minimum Gasteiger partial charge on any atom is -0.457 e. The summed E-state index contributed by atoms with van der Waals surface area (Å²) >= 11 is 0. The topological polar surface area (TPSA) is 135 Å². The Balaban J connectivity index is 1.34. The van der Waals surface area contributed by atoms with Crippen LogP contribution in [-0.2, 0) is 19.6 Å². The summed E-state index contributed by atoms with van der Waals surface area (Å²) in [6.07, 6.45) is 3.83. The zero-order chi connectivity index (χ0) is 24.6. The lowest BCUT2D eigenvalue weighted by atomic mass is 10.2. The van der Waals surface area contributed by atoms with Crippen molar-refractivity contribution < 1.29 is 31.2 Å². The standard InChI is InChI=1S/C23H15FN4O6S/c24-15-2-1-3-16(12-15)28-22(30)19(21(29)26-28)13-17-6-9-20(34-17)14-4-7-18(8-5-14)35(31,32)27-23-25-10-11-33-23/h1-13H,(H,25,27)(H,26,29). The fourth-order valence-corrected chi connectivity index (χ4v) is 4.27. The number of carbonyl (C=O) groups excluding carboxylic acids is 2. The molecule has 0 unspecified atom stereocenters. The van der Waals surface area contributed by atoms with E-state index in [1.165, 1.54) is 48.9 Å². The quantitative estimate of drug-likeness (QED) is 0.310. The molecule has 1 saturated heterocycles. The number of sulfonamides is 1. The zero-order valence-electron chi connectivity index (χ0n) is 17.6. The summed E-state index contributed by atoms with van der Waals surface area (Å²) in [6, 6.07) is 14.1. The number of hydrazine groups is 1. The van der Waals surface area contributed by atoms with E-state index in [1.54, 1.807) is 24.3 Å². The van der Waals surface area contributed by atoms with Gasteiger partial charge in [-0.05, 0) is 60.7 Å². The maximum Gasteiger partial charge on any atom is 0.308 e. The van der Waals surface area contributed by atoms with Gasteiger partial charge in [0.05, 0.1) is 16.8 Å². The minimum absolute atomic E-state index is 0.0148. The Kier molecular flexibility index (Phi) is 5.41. The van der Waals surface area contributed by atoms with Crippen LogP contribution in [0.5, 0.6) is 0 Å². The van der Waals surface area contributed by atoms with Crippen molar-refractivity contribution in [3.63, 3.8) is 0 Å². The van der Waals surface area contributed by atoms with Crippen molar-refractivity contribution in [3.8, 4) is 11.3 Å². The first-order valence-electron chi connectivity index (χ1n) is 10.1. The third-order valence-electron chi connectivity index (χ3n) is 4.97. The van der Waals surface area contributed by atoms with E-state index in [9.17, 15) is 22.4 Å².